The van der Waals surface area contributed by atoms with Gasteiger partial charge in [0, 0.05) is 17.8 Å². The van der Waals surface area contributed by atoms with Gasteiger partial charge in [-0.15, -0.1) is 12.4 Å². The number of nitrogens with one attached hydrogen (secondary N) is 1. The Kier molecular flexibility index (Phi) is 8.82. The van der Waals surface area contributed by atoms with Crippen LogP contribution in [0.5, 0.6) is 0 Å². The maximum atomic E-state index is 12.0. The van der Waals surface area contributed by atoms with Gasteiger partial charge in [0.1, 0.15) is 0 Å². The van der Waals surface area contributed by atoms with Crippen molar-refractivity contribution in [1.82, 2.24) is 4.90 Å². The van der Waals surface area contributed by atoms with Gasteiger partial charge in [-0.2, -0.15) is 0 Å². The van der Waals surface area contributed by atoms with Crippen LogP contribution < -0.4 is 5.32 Å². The highest BCUT2D eigenvalue weighted by atomic mass is 35.5. The first-order chi connectivity index (χ1) is 10.3. The Balaban J connectivity index is 0.00000484. The van der Waals surface area contributed by atoms with Gasteiger partial charge in [-0.1, -0.05) is 6.92 Å². The number of aryl methyl sites for hydroxylation is 1. The number of nitro groups is 1. The van der Waals surface area contributed by atoms with Crippen LogP contribution >= 0.6 is 12.4 Å². The van der Waals surface area contributed by atoms with Crippen LogP contribution in [-0.4, -0.2) is 46.4 Å². The van der Waals surface area contributed by atoms with Crippen LogP contribution in [0.1, 0.15) is 18.9 Å². The average Bonchev–Trinajstić information content (AvgIpc) is 2.40. The molecule has 128 valence electrons. The van der Waals surface area contributed by atoms with E-state index < -0.39 is 10.9 Å². The van der Waals surface area contributed by atoms with E-state index in [0.717, 1.165) is 6.42 Å². The Morgan fingerprint density at radius 1 is 1.35 bits per heavy atom. The number of non-ortho nitro benzene ring substituents is 1. The molecule has 1 rings (SSSR count). The van der Waals surface area contributed by atoms with Gasteiger partial charge in [-0.3, -0.25) is 24.6 Å². The number of benzene rings is 1. The molecule has 0 aromatic heterocycles. The molecule has 0 spiro atoms. The number of rotatable bonds is 8. The van der Waals surface area contributed by atoms with E-state index in [-0.39, 0.29) is 37.1 Å². The van der Waals surface area contributed by atoms with Gasteiger partial charge >= 0.3 is 5.97 Å². The molecular formula is C14H20ClN3O5. The second-order valence-electron chi connectivity index (χ2n) is 4.91. The molecule has 2 N–H and O–H groups in total. The van der Waals surface area contributed by atoms with Crippen molar-refractivity contribution < 1.29 is 19.6 Å². The summed E-state index contributed by atoms with van der Waals surface area (Å²) >= 11 is 0. The summed E-state index contributed by atoms with van der Waals surface area (Å²) in [5.74, 6) is -1.35. The van der Waals surface area contributed by atoms with Crippen molar-refractivity contribution in [2.24, 2.45) is 0 Å². The standard InChI is InChI=1S/C14H19N3O5.ClH/c1-3-6-16(9-14(19)20)8-13(18)15-12-5-4-11(17(21)22)7-10(12)2;/h4-5,7H,3,6,8-9H2,1-2H3,(H,15,18)(H,19,20);1H. The maximum Gasteiger partial charge on any atom is 0.317 e. The van der Waals surface area contributed by atoms with E-state index >= 15 is 0 Å². The van der Waals surface area contributed by atoms with E-state index in [1.165, 1.54) is 23.1 Å². The Bertz CT molecular complexity index is 580. The number of hydrogen-bond donors (Lipinski definition) is 2. The highest BCUT2D eigenvalue weighted by Crippen LogP contribution is 2.21. The molecule has 0 unspecified atom stereocenters. The van der Waals surface area contributed by atoms with Crippen molar-refractivity contribution in [3.63, 3.8) is 0 Å². The molecule has 0 aliphatic carbocycles. The molecule has 0 fully saturated rings. The molecule has 23 heavy (non-hydrogen) atoms. The summed E-state index contributed by atoms with van der Waals surface area (Å²) in [6, 6.07) is 4.15. The molecule has 0 aliphatic heterocycles. The van der Waals surface area contributed by atoms with Crippen molar-refractivity contribution in [2.75, 3.05) is 25.0 Å². The Morgan fingerprint density at radius 3 is 2.48 bits per heavy atom. The third-order valence-corrected chi connectivity index (χ3v) is 2.96. The number of aliphatic carboxylic acids is 1. The molecular weight excluding hydrogens is 326 g/mol. The molecule has 0 bridgehead atoms. The smallest absolute Gasteiger partial charge is 0.317 e. The summed E-state index contributed by atoms with van der Waals surface area (Å²) in [4.78, 5) is 34.4. The van der Waals surface area contributed by atoms with Gasteiger partial charge in [-0.05, 0) is 31.5 Å². The fourth-order valence-corrected chi connectivity index (χ4v) is 2.02. The highest BCUT2D eigenvalue weighted by molar-refractivity contribution is 5.93. The minimum absolute atomic E-state index is 0. The topological polar surface area (TPSA) is 113 Å². The molecule has 1 aromatic rings. The van der Waals surface area contributed by atoms with Crippen LogP contribution in [0.4, 0.5) is 11.4 Å². The summed E-state index contributed by atoms with van der Waals surface area (Å²) in [6.07, 6.45) is 0.733. The van der Waals surface area contributed by atoms with Crippen LogP contribution in [-0.2, 0) is 9.59 Å². The van der Waals surface area contributed by atoms with E-state index in [2.05, 4.69) is 5.32 Å². The minimum atomic E-state index is -0.993. The Hall–Kier alpha value is -2.19. The molecule has 1 amide bonds. The number of carboxylic acids is 1. The lowest BCUT2D eigenvalue weighted by Gasteiger charge is -2.19. The van der Waals surface area contributed by atoms with Crippen LogP contribution in [0.2, 0.25) is 0 Å². The predicted octanol–water partition coefficient (Wildman–Crippen LogP) is 2.06. The second kappa shape index (κ2) is 9.75. The molecule has 0 radical (unpaired) electrons. The van der Waals surface area contributed by atoms with Crippen molar-refractivity contribution in [3.05, 3.63) is 33.9 Å². The third kappa shape index (κ3) is 7.07. The number of halogens is 1. The van der Waals surface area contributed by atoms with Crippen molar-refractivity contribution in [1.29, 1.82) is 0 Å². The Morgan fingerprint density at radius 2 is 2.00 bits per heavy atom. The normalized spacial score (nSPS) is 10.0. The lowest BCUT2D eigenvalue weighted by atomic mass is 10.2. The maximum absolute atomic E-state index is 12.0. The highest BCUT2D eigenvalue weighted by Gasteiger charge is 2.15. The number of anilines is 1. The van der Waals surface area contributed by atoms with E-state index in [4.69, 9.17) is 5.11 Å². The molecule has 1 aromatic carbocycles. The van der Waals surface area contributed by atoms with Gasteiger partial charge in [0.25, 0.3) is 5.69 Å². The summed E-state index contributed by atoms with van der Waals surface area (Å²) in [5, 5.41) is 22.1. The molecule has 9 heteroatoms. The monoisotopic (exact) mass is 345 g/mol. The Labute approximate surface area is 140 Å². The number of carbonyl (C=O) groups excluding carboxylic acids is 1. The van der Waals surface area contributed by atoms with Crippen molar-refractivity contribution in [2.45, 2.75) is 20.3 Å². The third-order valence-electron chi connectivity index (χ3n) is 2.96. The molecule has 0 saturated carbocycles. The van der Waals surface area contributed by atoms with Crippen LogP contribution in [0, 0.1) is 17.0 Å². The number of amides is 1. The zero-order valence-corrected chi connectivity index (χ0v) is 13.8. The first-order valence-corrected chi connectivity index (χ1v) is 6.82. The van der Waals surface area contributed by atoms with Crippen LogP contribution in [0.25, 0.3) is 0 Å². The number of nitro benzene ring substituents is 1. The van der Waals surface area contributed by atoms with Gasteiger partial charge in [0.05, 0.1) is 18.0 Å². The zero-order chi connectivity index (χ0) is 16.7. The first-order valence-electron chi connectivity index (χ1n) is 6.82. The first kappa shape index (κ1) is 20.8. The number of hydrogen-bond acceptors (Lipinski definition) is 5. The molecule has 0 saturated heterocycles. The summed E-state index contributed by atoms with van der Waals surface area (Å²) in [6.45, 7) is 3.80. The minimum Gasteiger partial charge on any atom is -0.480 e. The fourth-order valence-electron chi connectivity index (χ4n) is 2.02. The van der Waals surface area contributed by atoms with Crippen molar-refractivity contribution in [3.8, 4) is 0 Å². The van der Waals surface area contributed by atoms with Gasteiger partial charge in [-0.25, -0.2) is 0 Å². The number of carbonyl (C=O) groups is 2. The van der Waals surface area contributed by atoms with Gasteiger partial charge in [0.2, 0.25) is 5.91 Å². The van der Waals surface area contributed by atoms with Gasteiger partial charge in [0.15, 0.2) is 0 Å². The fraction of sp³-hybridized carbons (Fsp3) is 0.429. The quantitative estimate of drug-likeness (QED) is 0.550. The lowest BCUT2D eigenvalue weighted by Crippen LogP contribution is -2.37. The predicted molar refractivity (Wildman–Crippen MR) is 88.1 cm³/mol. The van der Waals surface area contributed by atoms with E-state index in [1.807, 2.05) is 6.92 Å². The lowest BCUT2D eigenvalue weighted by molar-refractivity contribution is -0.384. The number of carboxylic acid groups (broad SMARTS) is 1. The summed E-state index contributed by atoms with van der Waals surface area (Å²) in [7, 11) is 0. The molecule has 0 atom stereocenters. The van der Waals surface area contributed by atoms with E-state index in [0.29, 0.717) is 17.8 Å². The SMILES string of the molecule is CCCN(CC(=O)O)CC(=O)Nc1ccc([N+](=O)[O-])cc1C.Cl. The zero-order valence-electron chi connectivity index (χ0n) is 12.9. The summed E-state index contributed by atoms with van der Waals surface area (Å²) < 4.78 is 0. The number of nitrogens with zero attached hydrogens (tertiary/aromatic N) is 2. The molecule has 0 aliphatic rings. The van der Waals surface area contributed by atoms with E-state index in [9.17, 15) is 19.7 Å². The van der Waals surface area contributed by atoms with Crippen LogP contribution in [0.3, 0.4) is 0 Å². The van der Waals surface area contributed by atoms with Crippen molar-refractivity contribution >= 4 is 35.7 Å². The molecule has 8 nitrogen and oxygen atoms in total. The summed E-state index contributed by atoms with van der Waals surface area (Å²) in [5.41, 5.74) is 0.999. The second-order valence-corrected chi connectivity index (χ2v) is 4.91. The van der Waals surface area contributed by atoms with Gasteiger partial charge < -0.3 is 10.4 Å². The largest absolute Gasteiger partial charge is 0.480 e. The van der Waals surface area contributed by atoms with Crippen LogP contribution in [0.15, 0.2) is 18.2 Å². The van der Waals surface area contributed by atoms with E-state index in [1.54, 1.807) is 6.92 Å². The average molecular weight is 346 g/mol. The molecule has 0 heterocycles.